The van der Waals surface area contributed by atoms with Gasteiger partial charge in [0.25, 0.3) is 0 Å². The first kappa shape index (κ1) is 14.8. The molecule has 3 unspecified atom stereocenters. The van der Waals surface area contributed by atoms with E-state index in [9.17, 15) is 14.7 Å². The monoisotopic (exact) mass is 295 g/mol. The number of amides is 1. The molecule has 118 valence electrons. The molecular weight excluding hydrogens is 270 g/mol. The number of likely N-dealkylation sites (tertiary alicyclic amines) is 1. The van der Waals surface area contributed by atoms with Gasteiger partial charge in [0.2, 0.25) is 5.91 Å². The molecule has 5 nitrogen and oxygen atoms in total. The number of fused-ring (bicyclic) bond motifs is 1. The molecular formula is C16H25NO4. The van der Waals surface area contributed by atoms with Gasteiger partial charge in [0, 0.05) is 6.04 Å². The van der Waals surface area contributed by atoms with E-state index in [0.29, 0.717) is 12.3 Å². The van der Waals surface area contributed by atoms with E-state index in [0.717, 1.165) is 38.5 Å². The van der Waals surface area contributed by atoms with Gasteiger partial charge in [-0.3, -0.25) is 4.79 Å². The van der Waals surface area contributed by atoms with Crippen molar-refractivity contribution in [2.24, 2.45) is 5.92 Å². The van der Waals surface area contributed by atoms with Crippen molar-refractivity contribution in [3.8, 4) is 0 Å². The molecule has 1 heterocycles. The third-order valence-corrected chi connectivity index (χ3v) is 5.41. The van der Waals surface area contributed by atoms with Crippen LogP contribution in [0.3, 0.4) is 0 Å². The van der Waals surface area contributed by atoms with Gasteiger partial charge in [0.15, 0.2) is 0 Å². The average molecular weight is 295 g/mol. The summed E-state index contributed by atoms with van der Waals surface area (Å²) in [5.41, 5.74) is 0. The zero-order chi connectivity index (χ0) is 14.8. The van der Waals surface area contributed by atoms with E-state index in [1.807, 2.05) is 0 Å². The molecule has 3 fully saturated rings. The molecule has 0 aromatic heterocycles. The van der Waals surface area contributed by atoms with E-state index in [4.69, 9.17) is 4.74 Å². The summed E-state index contributed by atoms with van der Waals surface area (Å²) in [6.45, 7) is 0.0532. The second-order valence-electron chi connectivity index (χ2n) is 6.72. The van der Waals surface area contributed by atoms with Crippen LogP contribution in [0.1, 0.15) is 57.8 Å². The average Bonchev–Trinajstić information content (AvgIpc) is 3.11. The van der Waals surface area contributed by atoms with Crippen LogP contribution in [0.25, 0.3) is 0 Å². The van der Waals surface area contributed by atoms with Crippen molar-refractivity contribution < 1.29 is 19.4 Å². The van der Waals surface area contributed by atoms with Gasteiger partial charge in [-0.2, -0.15) is 0 Å². The van der Waals surface area contributed by atoms with Crippen LogP contribution in [0.5, 0.6) is 0 Å². The maximum atomic E-state index is 12.5. The topological polar surface area (TPSA) is 66.8 Å². The Morgan fingerprint density at radius 2 is 1.71 bits per heavy atom. The van der Waals surface area contributed by atoms with Crippen molar-refractivity contribution >= 4 is 11.9 Å². The lowest BCUT2D eigenvalue weighted by molar-refractivity contribution is -0.152. The van der Waals surface area contributed by atoms with Gasteiger partial charge in [-0.15, -0.1) is 0 Å². The van der Waals surface area contributed by atoms with Crippen LogP contribution in [0.2, 0.25) is 0 Å². The maximum absolute atomic E-state index is 12.5. The highest BCUT2D eigenvalue weighted by atomic mass is 16.5. The predicted molar refractivity (Wildman–Crippen MR) is 76.8 cm³/mol. The Kier molecular flexibility index (Phi) is 4.48. The molecule has 0 spiro atoms. The van der Waals surface area contributed by atoms with Crippen LogP contribution in [0, 0.1) is 5.92 Å². The molecule has 2 saturated carbocycles. The van der Waals surface area contributed by atoms with Gasteiger partial charge in [-0.25, -0.2) is 4.79 Å². The van der Waals surface area contributed by atoms with Crippen LogP contribution < -0.4 is 0 Å². The molecule has 1 N–H and O–H groups in total. The normalized spacial score (nSPS) is 33.1. The molecule has 3 aliphatic rings. The lowest BCUT2D eigenvalue weighted by Crippen LogP contribution is -2.48. The second-order valence-corrected chi connectivity index (χ2v) is 6.72. The van der Waals surface area contributed by atoms with Gasteiger partial charge in [0.1, 0.15) is 12.6 Å². The summed E-state index contributed by atoms with van der Waals surface area (Å²) in [5.74, 6) is -0.613. The zero-order valence-corrected chi connectivity index (χ0v) is 12.5. The fraction of sp³-hybridized carbons (Fsp3) is 0.875. The van der Waals surface area contributed by atoms with Crippen LogP contribution in [0.15, 0.2) is 0 Å². The smallest absolute Gasteiger partial charge is 0.326 e. The minimum absolute atomic E-state index is 0.0532. The second kappa shape index (κ2) is 6.34. The third-order valence-electron chi connectivity index (χ3n) is 5.41. The Morgan fingerprint density at radius 3 is 2.43 bits per heavy atom. The number of nitrogens with zero attached hydrogens (tertiary/aromatic N) is 1. The lowest BCUT2D eigenvalue weighted by atomic mass is 9.85. The number of carboxylic acids is 1. The Bertz CT molecular complexity index is 405. The molecule has 2 aliphatic carbocycles. The fourth-order valence-corrected chi connectivity index (χ4v) is 4.36. The standard InChI is InChI=1S/C16H25NO4/c18-15(10-21-12-6-2-3-7-12)17-13-8-4-1-5-11(13)9-14(17)16(19)20/h11-14H,1-10H2,(H,19,20). The van der Waals surface area contributed by atoms with Crippen LogP contribution in [-0.4, -0.2) is 46.7 Å². The highest BCUT2D eigenvalue weighted by molar-refractivity contribution is 5.85. The molecule has 0 radical (unpaired) electrons. The number of carbonyl (C=O) groups excluding carboxylic acids is 1. The van der Waals surface area contributed by atoms with Crippen molar-refractivity contribution in [2.75, 3.05) is 6.61 Å². The Balaban J connectivity index is 1.64. The lowest BCUT2D eigenvalue weighted by Gasteiger charge is -2.33. The molecule has 3 rings (SSSR count). The number of carbonyl (C=O) groups is 2. The first-order chi connectivity index (χ1) is 10.2. The van der Waals surface area contributed by atoms with Crippen molar-refractivity contribution in [1.82, 2.24) is 4.90 Å². The van der Waals surface area contributed by atoms with Crippen LogP contribution >= 0.6 is 0 Å². The highest BCUT2D eigenvalue weighted by Crippen LogP contribution is 2.39. The van der Waals surface area contributed by atoms with Crippen LogP contribution in [0.4, 0.5) is 0 Å². The minimum atomic E-state index is -0.862. The fourth-order valence-electron chi connectivity index (χ4n) is 4.36. The summed E-state index contributed by atoms with van der Waals surface area (Å²) >= 11 is 0. The summed E-state index contributed by atoms with van der Waals surface area (Å²) < 4.78 is 5.70. The molecule has 21 heavy (non-hydrogen) atoms. The van der Waals surface area contributed by atoms with Gasteiger partial charge < -0.3 is 14.7 Å². The van der Waals surface area contributed by atoms with E-state index in [1.165, 1.54) is 12.8 Å². The Morgan fingerprint density at radius 1 is 1.05 bits per heavy atom. The first-order valence-electron chi connectivity index (χ1n) is 8.32. The summed E-state index contributed by atoms with van der Waals surface area (Å²) in [6.07, 6.45) is 9.48. The number of rotatable bonds is 4. The first-order valence-corrected chi connectivity index (χ1v) is 8.32. The summed E-state index contributed by atoms with van der Waals surface area (Å²) in [7, 11) is 0. The van der Waals surface area contributed by atoms with E-state index >= 15 is 0 Å². The molecule has 0 bridgehead atoms. The van der Waals surface area contributed by atoms with E-state index in [2.05, 4.69) is 0 Å². The largest absolute Gasteiger partial charge is 0.480 e. The number of hydrogen-bond donors (Lipinski definition) is 1. The number of carboxylic acid groups (broad SMARTS) is 1. The minimum Gasteiger partial charge on any atom is -0.480 e. The van der Waals surface area contributed by atoms with Crippen LogP contribution in [-0.2, 0) is 14.3 Å². The summed E-state index contributed by atoms with van der Waals surface area (Å²) in [5, 5.41) is 9.42. The van der Waals surface area contributed by atoms with Gasteiger partial charge in [0.05, 0.1) is 6.10 Å². The zero-order valence-electron chi connectivity index (χ0n) is 12.5. The Hall–Kier alpha value is -1.10. The van der Waals surface area contributed by atoms with Crippen molar-refractivity contribution in [2.45, 2.75) is 76.0 Å². The summed E-state index contributed by atoms with van der Waals surface area (Å²) in [4.78, 5) is 25.6. The van der Waals surface area contributed by atoms with Gasteiger partial charge in [-0.05, 0) is 38.0 Å². The van der Waals surface area contributed by atoms with E-state index < -0.39 is 12.0 Å². The number of ether oxygens (including phenoxy) is 1. The number of hydrogen-bond acceptors (Lipinski definition) is 3. The SMILES string of the molecule is O=C(O)C1CC2CCCCC2N1C(=O)COC1CCCC1. The quantitative estimate of drug-likeness (QED) is 0.863. The number of aliphatic carboxylic acids is 1. The van der Waals surface area contributed by atoms with Gasteiger partial charge in [-0.1, -0.05) is 25.7 Å². The molecule has 1 saturated heterocycles. The molecule has 1 amide bonds. The third kappa shape index (κ3) is 3.07. The van der Waals surface area contributed by atoms with Crippen molar-refractivity contribution in [3.05, 3.63) is 0 Å². The van der Waals surface area contributed by atoms with Crippen molar-refractivity contribution in [1.29, 1.82) is 0 Å². The van der Waals surface area contributed by atoms with Crippen molar-refractivity contribution in [3.63, 3.8) is 0 Å². The molecule has 3 atom stereocenters. The van der Waals surface area contributed by atoms with E-state index in [-0.39, 0.29) is 24.7 Å². The van der Waals surface area contributed by atoms with E-state index in [1.54, 1.807) is 4.90 Å². The molecule has 5 heteroatoms. The van der Waals surface area contributed by atoms with Gasteiger partial charge >= 0.3 is 5.97 Å². The molecule has 0 aromatic rings. The maximum Gasteiger partial charge on any atom is 0.326 e. The summed E-state index contributed by atoms with van der Waals surface area (Å²) in [6, 6.07) is -0.516. The molecule has 0 aromatic carbocycles. The molecule has 1 aliphatic heterocycles. The highest BCUT2D eigenvalue weighted by Gasteiger charge is 2.47. The predicted octanol–water partition coefficient (Wildman–Crippen LogP) is 2.19. The Labute approximate surface area is 125 Å².